The molecule has 3 rings (SSSR count). The first-order valence-electron chi connectivity index (χ1n) is 7.36. The predicted molar refractivity (Wildman–Crippen MR) is 74.3 cm³/mol. The molecule has 0 unspecified atom stereocenters. The van der Waals surface area contributed by atoms with Crippen LogP contribution in [0, 0.1) is 0 Å². The zero-order valence-corrected chi connectivity index (χ0v) is 11.9. The van der Waals surface area contributed by atoms with E-state index in [0.29, 0.717) is 12.6 Å². The summed E-state index contributed by atoms with van der Waals surface area (Å²) >= 11 is 0. The second-order valence-electron chi connectivity index (χ2n) is 5.65. The van der Waals surface area contributed by atoms with E-state index >= 15 is 0 Å². The van der Waals surface area contributed by atoms with Crippen LogP contribution in [0.15, 0.2) is 18.5 Å². The maximum Gasteiger partial charge on any atom is 0.237 e. The molecule has 20 heavy (non-hydrogen) atoms. The van der Waals surface area contributed by atoms with E-state index in [9.17, 15) is 4.79 Å². The van der Waals surface area contributed by atoms with E-state index in [1.165, 1.54) is 0 Å². The first-order chi connectivity index (χ1) is 9.74. The number of amides is 1. The number of aromatic nitrogens is 2. The second-order valence-corrected chi connectivity index (χ2v) is 5.65. The molecule has 0 spiro atoms. The zero-order valence-electron chi connectivity index (χ0n) is 11.9. The van der Waals surface area contributed by atoms with Gasteiger partial charge in [0.05, 0.1) is 18.2 Å². The number of hydrogen-bond acceptors (Lipinski definition) is 4. The summed E-state index contributed by atoms with van der Waals surface area (Å²) < 4.78 is 7.48. The average Bonchev–Trinajstić information content (AvgIpc) is 3.07. The molecule has 2 atom stereocenters. The summed E-state index contributed by atoms with van der Waals surface area (Å²) in [6, 6.07) is 2.25. The van der Waals surface area contributed by atoms with Crippen LogP contribution in [0.3, 0.4) is 0 Å². The fourth-order valence-corrected chi connectivity index (χ4v) is 2.80. The minimum atomic E-state index is -0.0804. The summed E-state index contributed by atoms with van der Waals surface area (Å²) in [5.74, 6) is 0.0967. The lowest BCUT2D eigenvalue weighted by Crippen LogP contribution is -2.56. The molecule has 6 nitrogen and oxygen atoms in total. The molecule has 0 radical (unpaired) electrons. The summed E-state index contributed by atoms with van der Waals surface area (Å²) in [5, 5.41) is 7.23. The van der Waals surface area contributed by atoms with Gasteiger partial charge < -0.3 is 10.1 Å². The van der Waals surface area contributed by atoms with E-state index in [2.05, 4.69) is 15.3 Å². The first kappa shape index (κ1) is 13.6. The maximum absolute atomic E-state index is 12.1. The molecule has 3 heterocycles. The van der Waals surface area contributed by atoms with Crippen LogP contribution in [-0.4, -0.2) is 59.0 Å². The molecule has 1 aromatic rings. The number of nitrogens with one attached hydrogen (secondary N) is 1. The maximum atomic E-state index is 12.1. The average molecular weight is 278 g/mol. The molecular weight excluding hydrogens is 256 g/mol. The highest BCUT2D eigenvalue weighted by Gasteiger charge is 2.34. The van der Waals surface area contributed by atoms with E-state index in [0.717, 1.165) is 32.5 Å². The highest BCUT2D eigenvalue weighted by Crippen LogP contribution is 2.22. The van der Waals surface area contributed by atoms with Crippen LogP contribution in [-0.2, 0) is 9.53 Å². The normalized spacial score (nSPS) is 25.4. The lowest BCUT2D eigenvalue weighted by molar-refractivity contribution is -0.128. The van der Waals surface area contributed by atoms with Crippen LogP contribution >= 0.6 is 0 Å². The molecule has 0 aliphatic carbocycles. The molecule has 2 fully saturated rings. The van der Waals surface area contributed by atoms with Gasteiger partial charge >= 0.3 is 0 Å². The molecule has 0 bridgehead atoms. The van der Waals surface area contributed by atoms with Crippen molar-refractivity contribution < 1.29 is 9.53 Å². The number of ether oxygens (including phenoxy) is 1. The first-order valence-corrected chi connectivity index (χ1v) is 7.36. The van der Waals surface area contributed by atoms with Crippen LogP contribution in [0.25, 0.3) is 0 Å². The smallest absolute Gasteiger partial charge is 0.237 e. The monoisotopic (exact) mass is 278 g/mol. The van der Waals surface area contributed by atoms with E-state index in [-0.39, 0.29) is 18.1 Å². The van der Waals surface area contributed by atoms with Crippen molar-refractivity contribution in [3.05, 3.63) is 18.5 Å². The third kappa shape index (κ3) is 2.86. The molecule has 6 heteroatoms. The van der Waals surface area contributed by atoms with Crippen LogP contribution in [0.2, 0.25) is 0 Å². The second kappa shape index (κ2) is 5.93. The van der Waals surface area contributed by atoms with Crippen molar-refractivity contribution in [1.82, 2.24) is 20.0 Å². The lowest BCUT2D eigenvalue weighted by Gasteiger charge is -2.42. The van der Waals surface area contributed by atoms with Crippen molar-refractivity contribution in [2.45, 2.75) is 38.0 Å². The van der Waals surface area contributed by atoms with Gasteiger partial charge in [-0.2, -0.15) is 5.10 Å². The summed E-state index contributed by atoms with van der Waals surface area (Å²) in [6.45, 7) is 5.20. The molecule has 2 saturated heterocycles. The van der Waals surface area contributed by atoms with E-state index in [1.807, 2.05) is 23.9 Å². The van der Waals surface area contributed by atoms with E-state index < -0.39 is 0 Å². The summed E-state index contributed by atoms with van der Waals surface area (Å²) in [4.78, 5) is 14.3. The third-order valence-electron chi connectivity index (χ3n) is 4.24. The number of likely N-dealkylation sites (tertiary alicyclic amines) is 1. The van der Waals surface area contributed by atoms with Crippen molar-refractivity contribution in [3.63, 3.8) is 0 Å². The Hall–Kier alpha value is -1.40. The van der Waals surface area contributed by atoms with Gasteiger partial charge in [0.25, 0.3) is 0 Å². The highest BCUT2D eigenvalue weighted by atomic mass is 16.5. The molecule has 1 N–H and O–H groups in total. The fourth-order valence-electron chi connectivity index (χ4n) is 2.80. The van der Waals surface area contributed by atoms with Gasteiger partial charge in [-0.25, -0.2) is 0 Å². The third-order valence-corrected chi connectivity index (χ3v) is 4.24. The molecular formula is C14H22N4O2. The van der Waals surface area contributed by atoms with Crippen LogP contribution < -0.4 is 5.32 Å². The van der Waals surface area contributed by atoms with Crippen molar-refractivity contribution in [2.24, 2.45) is 0 Å². The number of nitrogens with zero attached hydrogens (tertiary/aromatic N) is 3. The van der Waals surface area contributed by atoms with Gasteiger partial charge in [-0.05, 0) is 25.8 Å². The Balaban J connectivity index is 1.40. The van der Waals surface area contributed by atoms with Gasteiger partial charge in [0.2, 0.25) is 5.91 Å². The zero-order chi connectivity index (χ0) is 13.9. The fraction of sp³-hybridized carbons (Fsp3) is 0.714. The predicted octanol–water partition coefficient (Wildman–Crippen LogP) is 0.424. The summed E-state index contributed by atoms with van der Waals surface area (Å²) in [6.07, 6.45) is 6.14. The van der Waals surface area contributed by atoms with Gasteiger partial charge in [-0.15, -0.1) is 0 Å². The molecule has 0 aromatic carbocycles. The van der Waals surface area contributed by atoms with Gasteiger partial charge in [0.1, 0.15) is 0 Å². The number of carbonyl (C=O) groups is 1. The van der Waals surface area contributed by atoms with Gasteiger partial charge in [0, 0.05) is 38.6 Å². The van der Waals surface area contributed by atoms with Gasteiger partial charge in [0.15, 0.2) is 0 Å². The Labute approximate surface area is 119 Å². The minimum absolute atomic E-state index is 0.0804. The topological polar surface area (TPSA) is 59.4 Å². The molecule has 1 amide bonds. The Morgan fingerprint density at radius 3 is 3.05 bits per heavy atom. The van der Waals surface area contributed by atoms with Gasteiger partial charge in [-0.1, -0.05) is 0 Å². The Morgan fingerprint density at radius 1 is 1.55 bits per heavy atom. The van der Waals surface area contributed by atoms with Gasteiger partial charge in [-0.3, -0.25) is 14.4 Å². The summed E-state index contributed by atoms with van der Waals surface area (Å²) in [7, 11) is 0. The standard InChI is InChI=1S/C14H22N4O2/c1-11(14(19)15-8-13-4-2-7-20-13)17-9-12(10-17)18-6-3-5-16-18/h3,5-6,11-13H,2,4,7-10H2,1H3,(H,15,19)/t11-,13+/m1/s1. The Morgan fingerprint density at radius 2 is 2.40 bits per heavy atom. The van der Waals surface area contributed by atoms with Crippen LogP contribution in [0.1, 0.15) is 25.8 Å². The van der Waals surface area contributed by atoms with Crippen molar-refractivity contribution >= 4 is 5.91 Å². The van der Waals surface area contributed by atoms with Crippen molar-refractivity contribution in [3.8, 4) is 0 Å². The quantitative estimate of drug-likeness (QED) is 0.848. The van der Waals surface area contributed by atoms with Crippen LogP contribution in [0.5, 0.6) is 0 Å². The number of hydrogen-bond donors (Lipinski definition) is 1. The van der Waals surface area contributed by atoms with Crippen molar-refractivity contribution in [1.29, 1.82) is 0 Å². The highest BCUT2D eigenvalue weighted by molar-refractivity contribution is 5.81. The summed E-state index contributed by atoms with van der Waals surface area (Å²) in [5.41, 5.74) is 0. The Kier molecular flexibility index (Phi) is 4.03. The molecule has 110 valence electrons. The molecule has 2 aliphatic heterocycles. The van der Waals surface area contributed by atoms with E-state index in [4.69, 9.17) is 4.74 Å². The largest absolute Gasteiger partial charge is 0.376 e. The lowest BCUT2D eigenvalue weighted by atomic mass is 10.1. The SMILES string of the molecule is C[C@H](C(=O)NC[C@@H]1CCCO1)N1CC(n2cccn2)C1. The van der Waals surface area contributed by atoms with Crippen molar-refractivity contribution in [2.75, 3.05) is 26.2 Å². The number of carbonyl (C=O) groups excluding carboxylic acids is 1. The molecule has 1 aromatic heterocycles. The van der Waals surface area contributed by atoms with E-state index in [1.54, 1.807) is 6.20 Å². The van der Waals surface area contributed by atoms with Crippen LogP contribution in [0.4, 0.5) is 0 Å². The molecule has 0 saturated carbocycles. The molecule has 2 aliphatic rings. The Bertz CT molecular complexity index is 436. The minimum Gasteiger partial charge on any atom is -0.376 e. The number of rotatable bonds is 5.